The Kier molecular flexibility index (Phi) is 3.28. The van der Waals surface area contributed by atoms with Gasteiger partial charge in [-0.15, -0.1) is 10.2 Å². The highest BCUT2D eigenvalue weighted by Crippen LogP contribution is 2.06. The monoisotopic (exact) mass is 266 g/mol. The molecule has 2 aromatic heterocycles. The summed E-state index contributed by atoms with van der Waals surface area (Å²) in [5, 5.41) is 11.2. The Morgan fingerprint density at radius 3 is 2.75 bits per heavy atom. The van der Waals surface area contributed by atoms with Crippen molar-refractivity contribution in [1.82, 2.24) is 14.6 Å². The first-order chi connectivity index (χ1) is 9.83. The van der Waals surface area contributed by atoms with Crippen molar-refractivity contribution in [3.8, 4) is 0 Å². The van der Waals surface area contributed by atoms with E-state index in [1.165, 1.54) is 0 Å². The zero-order valence-corrected chi connectivity index (χ0v) is 10.8. The average molecular weight is 266 g/mol. The highest BCUT2D eigenvalue weighted by Gasteiger charge is 2.03. The van der Waals surface area contributed by atoms with Crippen molar-refractivity contribution in [2.45, 2.75) is 6.54 Å². The Hall–Kier alpha value is -2.89. The second-order valence-corrected chi connectivity index (χ2v) is 4.24. The van der Waals surface area contributed by atoms with Crippen molar-refractivity contribution in [3.05, 3.63) is 60.6 Å². The maximum atomic E-state index is 5.85. The molecule has 0 saturated carbocycles. The maximum Gasteiger partial charge on any atom is 0.193 e. The molecular weight excluding hydrogens is 252 g/mol. The lowest BCUT2D eigenvalue weighted by molar-refractivity contribution is 0.881. The molecule has 0 unspecified atom stereocenters. The van der Waals surface area contributed by atoms with E-state index < -0.39 is 0 Å². The highest BCUT2D eigenvalue weighted by molar-refractivity contribution is 5.92. The standard InChI is InChI=1S/C14H14N6/c15-14(17-11-6-2-1-3-7-11)16-10-13-19-18-12-8-4-5-9-20(12)13/h1-9H,10H2,(H3,15,16,17). The average Bonchev–Trinajstić information content (AvgIpc) is 2.89. The second kappa shape index (κ2) is 5.40. The van der Waals surface area contributed by atoms with Crippen molar-refractivity contribution in [2.24, 2.45) is 10.7 Å². The maximum absolute atomic E-state index is 5.85. The number of guanidine groups is 1. The third kappa shape index (κ3) is 2.59. The molecule has 100 valence electrons. The van der Waals surface area contributed by atoms with Gasteiger partial charge in [-0.25, -0.2) is 4.99 Å². The minimum atomic E-state index is 0.351. The molecule has 3 N–H and O–H groups in total. The zero-order chi connectivity index (χ0) is 13.8. The summed E-state index contributed by atoms with van der Waals surface area (Å²) in [6, 6.07) is 15.4. The molecule has 0 radical (unpaired) electrons. The molecule has 0 aliphatic carbocycles. The Labute approximate surface area is 116 Å². The van der Waals surface area contributed by atoms with E-state index >= 15 is 0 Å². The Balaban J connectivity index is 1.73. The lowest BCUT2D eigenvalue weighted by atomic mass is 10.3. The van der Waals surface area contributed by atoms with Gasteiger partial charge in [-0.2, -0.15) is 0 Å². The number of nitrogens with one attached hydrogen (secondary N) is 1. The number of anilines is 1. The van der Waals surface area contributed by atoms with E-state index in [4.69, 9.17) is 5.73 Å². The van der Waals surface area contributed by atoms with Gasteiger partial charge in [0.15, 0.2) is 17.4 Å². The van der Waals surface area contributed by atoms with Gasteiger partial charge in [-0.05, 0) is 24.3 Å². The van der Waals surface area contributed by atoms with Gasteiger partial charge in [0.1, 0.15) is 6.54 Å². The van der Waals surface area contributed by atoms with Crippen molar-refractivity contribution >= 4 is 17.3 Å². The molecule has 0 atom stereocenters. The summed E-state index contributed by atoms with van der Waals surface area (Å²) in [5.41, 5.74) is 7.55. The third-order valence-corrected chi connectivity index (χ3v) is 2.82. The third-order valence-electron chi connectivity index (χ3n) is 2.82. The first kappa shape index (κ1) is 12.2. The van der Waals surface area contributed by atoms with Gasteiger partial charge in [0.25, 0.3) is 0 Å². The molecule has 1 aromatic carbocycles. The first-order valence-electron chi connectivity index (χ1n) is 6.23. The summed E-state index contributed by atoms with van der Waals surface area (Å²) in [6.07, 6.45) is 1.90. The quantitative estimate of drug-likeness (QED) is 0.558. The molecule has 2 heterocycles. The lowest BCUT2D eigenvalue weighted by Crippen LogP contribution is -2.22. The molecule has 0 spiro atoms. The number of rotatable bonds is 3. The fourth-order valence-corrected chi connectivity index (χ4v) is 1.86. The summed E-state index contributed by atoms with van der Waals surface area (Å²) >= 11 is 0. The molecule has 3 aromatic rings. The summed E-state index contributed by atoms with van der Waals surface area (Å²) in [5.74, 6) is 1.10. The van der Waals surface area contributed by atoms with Crippen molar-refractivity contribution in [1.29, 1.82) is 0 Å². The van der Waals surface area contributed by atoms with E-state index in [9.17, 15) is 0 Å². The lowest BCUT2D eigenvalue weighted by Gasteiger charge is -2.04. The number of hydrogen-bond donors (Lipinski definition) is 2. The van der Waals surface area contributed by atoms with Gasteiger partial charge in [0.2, 0.25) is 0 Å². The Morgan fingerprint density at radius 1 is 1.10 bits per heavy atom. The Bertz CT molecular complexity index is 732. The zero-order valence-electron chi connectivity index (χ0n) is 10.8. The van der Waals surface area contributed by atoms with Crippen molar-refractivity contribution < 1.29 is 0 Å². The minimum Gasteiger partial charge on any atom is -0.370 e. The van der Waals surface area contributed by atoms with Crippen LogP contribution in [0.15, 0.2) is 59.7 Å². The molecule has 0 fully saturated rings. The van der Waals surface area contributed by atoms with Crippen LogP contribution in [0.3, 0.4) is 0 Å². The normalized spacial score (nSPS) is 11.7. The van der Waals surface area contributed by atoms with Crippen LogP contribution in [0.1, 0.15) is 5.82 Å². The largest absolute Gasteiger partial charge is 0.370 e. The van der Waals surface area contributed by atoms with Gasteiger partial charge in [0.05, 0.1) is 0 Å². The van der Waals surface area contributed by atoms with Crippen LogP contribution in [0.4, 0.5) is 5.69 Å². The SMILES string of the molecule is NC(=NCc1nnc2ccccn12)Nc1ccccc1. The van der Waals surface area contributed by atoms with Gasteiger partial charge in [-0.3, -0.25) is 4.40 Å². The first-order valence-corrected chi connectivity index (χ1v) is 6.23. The number of pyridine rings is 1. The number of aliphatic imine (C=N–C) groups is 1. The molecule has 0 bridgehead atoms. The fourth-order valence-electron chi connectivity index (χ4n) is 1.86. The number of nitrogens with two attached hydrogens (primary N) is 1. The summed E-state index contributed by atoms with van der Waals surface area (Å²) in [7, 11) is 0. The van der Waals surface area contributed by atoms with Crippen LogP contribution < -0.4 is 11.1 Å². The predicted molar refractivity (Wildman–Crippen MR) is 78.4 cm³/mol. The number of hydrogen-bond acceptors (Lipinski definition) is 3. The summed E-state index contributed by atoms with van der Waals surface area (Å²) < 4.78 is 1.89. The predicted octanol–water partition coefficient (Wildman–Crippen LogP) is 1.66. The van der Waals surface area contributed by atoms with E-state index in [-0.39, 0.29) is 0 Å². The molecule has 6 heteroatoms. The molecule has 0 aliphatic heterocycles. The van der Waals surface area contributed by atoms with Crippen LogP contribution in [0.2, 0.25) is 0 Å². The van der Waals surface area contributed by atoms with Crippen LogP contribution in [-0.4, -0.2) is 20.6 Å². The molecule has 0 amide bonds. The van der Waals surface area contributed by atoms with Gasteiger partial charge in [-0.1, -0.05) is 24.3 Å². The minimum absolute atomic E-state index is 0.351. The molecule has 3 rings (SSSR count). The molecule has 20 heavy (non-hydrogen) atoms. The second-order valence-electron chi connectivity index (χ2n) is 4.24. The van der Waals surface area contributed by atoms with Crippen LogP contribution in [0.5, 0.6) is 0 Å². The van der Waals surface area contributed by atoms with E-state index in [0.717, 1.165) is 17.2 Å². The van der Waals surface area contributed by atoms with Gasteiger partial charge < -0.3 is 11.1 Å². The molecular formula is C14H14N6. The molecule has 0 aliphatic rings. The smallest absolute Gasteiger partial charge is 0.193 e. The Morgan fingerprint density at radius 2 is 1.90 bits per heavy atom. The fraction of sp³-hybridized carbons (Fsp3) is 0.0714. The van der Waals surface area contributed by atoms with Crippen molar-refractivity contribution in [3.63, 3.8) is 0 Å². The van der Waals surface area contributed by atoms with Crippen molar-refractivity contribution in [2.75, 3.05) is 5.32 Å². The van der Waals surface area contributed by atoms with Gasteiger partial charge >= 0.3 is 0 Å². The van der Waals surface area contributed by atoms with E-state index in [0.29, 0.717) is 12.5 Å². The summed E-state index contributed by atoms with van der Waals surface area (Å²) in [6.45, 7) is 0.372. The van der Waals surface area contributed by atoms with Gasteiger partial charge in [0, 0.05) is 11.9 Å². The van der Waals surface area contributed by atoms with E-state index in [1.807, 2.05) is 59.1 Å². The summed E-state index contributed by atoms with van der Waals surface area (Å²) in [4.78, 5) is 4.27. The molecule has 6 nitrogen and oxygen atoms in total. The molecule has 0 saturated heterocycles. The van der Waals surface area contributed by atoms with Crippen LogP contribution in [0.25, 0.3) is 5.65 Å². The topological polar surface area (TPSA) is 80.6 Å². The van der Waals surface area contributed by atoms with Crippen LogP contribution in [0, 0.1) is 0 Å². The number of nitrogens with zero attached hydrogens (tertiary/aromatic N) is 4. The van der Waals surface area contributed by atoms with Crippen LogP contribution >= 0.6 is 0 Å². The number of para-hydroxylation sites is 1. The number of fused-ring (bicyclic) bond motifs is 1. The number of benzene rings is 1. The van der Waals surface area contributed by atoms with Crippen LogP contribution in [-0.2, 0) is 6.54 Å². The highest BCUT2D eigenvalue weighted by atomic mass is 15.3. The number of aromatic nitrogens is 3. The van der Waals surface area contributed by atoms with E-state index in [2.05, 4.69) is 20.5 Å². The van der Waals surface area contributed by atoms with E-state index in [1.54, 1.807) is 0 Å².